The van der Waals surface area contributed by atoms with Crippen molar-refractivity contribution < 1.29 is 9.50 Å². The Labute approximate surface area is 60.9 Å². The molecular formula is C8H13FO. The van der Waals surface area contributed by atoms with E-state index in [2.05, 4.69) is 0 Å². The number of hydrogen-bond acceptors (Lipinski definition) is 1. The first-order valence-electron chi connectivity index (χ1n) is 3.25. The van der Waals surface area contributed by atoms with Gasteiger partial charge in [-0.15, -0.1) is 0 Å². The molecule has 0 saturated heterocycles. The van der Waals surface area contributed by atoms with Crippen LogP contribution in [0.3, 0.4) is 0 Å². The largest absolute Gasteiger partial charge is 0.392 e. The summed E-state index contributed by atoms with van der Waals surface area (Å²) in [6.45, 7) is 3.27. The molecule has 10 heavy (non-hydrogen) atoms. The quantitative estimate of drug-likeness (QED) is 0.599. The number of rotatable bonds is 3. The molecule has 0 saturated carbocycles. The highest BCUT2D eigenvalue weighted by molar-refractivity contribution is 5.11. The zero-order valence-corrected chi connectivity index (χ0v) is 6.34. The van der Waals surface area contributed by atoms with Crippen LogP contribution in [0.2, 0.25) is 0 Å². The van der Waals surface area contributed by atoms with Gasteiger partial charge in [0, 0.05) is 0 Å². The van der Waals surface area contributed by atoms with Gasteiger partial charge in [-0.25, -0.2) is 4.39 Å². The molecule has 0 fully saturated rings. The van der Waals surface area contributed by atoms with E-state index in [9.17, 15) is 4.39 Å². The van der Waals surface area contributed by atoms with Crippen LogP contribution in [0.4, 0.5) is 4.39 Å². The van der Waals surface area contributed by atoms with Crippen molar-refractivity contribution in [1.29, 1.82) is 0 Å². The van der Waals surface area contributed by atoms with E-state index in [1.807, 2.05) is 0 Å². The van der Waals surface area contributed by atoms with Gasteiger partial charge in [0.15, 0.2) is 0 Å². The lowest BCUT2D eigenvalue weighted by Crippen LogP contribution is -1.84. The van der Waals surface area contributed by atoms with Crippen molar-refractivity contribution in [3.63, 3.8) is 0 Å². The highest BCUT2D eigenvalue weighted by Crippen LogP contribution is 1.94. The van der Waals surface area contributed by atoms with Gasteiger partial charge in [-0.1, -0.05) is 18.2 Å². The van der Waals surface area contributed by atoms with Crippen LogP contribution in [-0.2, 0) is 0 Å². The molecule has 1 N–H and O–H groups in total. The highest BCUT2D eigenvalue weighted by atomic mass is 19.1. The number of hydrogen-bond donors (Lipinski definition) is 1. The molecule has 0 amide bonds. The minimum Gasteiger partial charge on any atom is -0.392 e. The molecular weight excluding hydrogens is 131 g/mol. The molecule has 0 rings (SSSR count). The molecule has 0 aliphatic heterocycles. The Balaban J connectivity index is 3.70. The van der Waals surface area contributed by atoms with Crippen LogP contribution >= 0.6 is 0 Å². The van der Waals surface area contributed by atoms with Gasteiger partial charge >= 0.3 is 0 Å². The Morgan fingerprint density at radius 3 is 2.70 bits per heavy atom. The van der Waals surface area contributed by atoms with Gasteiger partial charge < -0.3 is 5.11 Å². The molecule has 0 heterocycles. The van der Waals surface area contributed by atoms with Crippen LogP contribution < -0.4 is 0 Å². The Hall–Kier alpha value is -0.630. The number of aliphatic hydroxyl groups excluding tert-OH is 1. The van der Waals surface area contributed by atoms with Crippen LogP contribution in [0.5, 0.6) is 0 Å². The average molecular weight is 144 g/mol. The molecule has 0 aliphatic carbocycles. The maximum Gasteiger partial charge on any atom is 0.116 e. The molecule has 0 aromatic carbocycles. The second-order valence-corrected chi connectivity index (χ2v) is 2.23. The summed E-state index contributed by atoms with van der Waals surface area (Å²) in [5, 5.41) is 8.50. The Bertz CT molecular complexity index is 136. The lowest BCUT2D eigenvalue weighted by molar-refractivity contribution is 0.331. The maximum absolute atomic E-state index is 12.1. The number of halogens is 1. The first kappa shape index (κ1) is 9.37. The predicted octanol–water partition coefficient (Wildman–Crippen LogP) is 1.84. The predicted molar refractivity (Wildman–Crippen MR) is 40.6 cm³/mol. The van der Waals surface area contributed by atoms with Gasteiger partial charge in [-0.05, 0) is 19.4 Å². The van der Waals surface area contributed by atoms with Gasteiger partial charge in [-0.2, -0.15) is 0 Å². The Morgan fingerprint density at radius 2 is 2.30 bits per heavy atom. The van der Waals surface area contributed by atoms with Gasteiger partial charge in [0.1, 0.15) is 6.17 Å². The zero-order chi connectivity index (χ0) is 7.98. The van der Waals surface area contributed by atoms with Crippen LogP contribution in [0.25, 0.3) is 0 Å². The Kier molecular flexibility index (Phi) is 4.85. The van der Waals surface area contributed by atoms with E-state index in [0.29, 0.717) is 0 Å². The Morgan fingerprint density at radius 1 is 1.70 bits per heavy atom. The third-order valence-electron chi connectivity index (χ3n) is 1.01. The van der Waals surface area contributed by atoms with Crippen LogP contribution in [-0.4, -0.2) is 17.9 Å². The molecule has 0 bridgehead atoms. The normalized spacial score (nSPS) is 16.2. The minimum atomic E-state index is -0.914. The minimum absolute atomic E-state index is 0.0327. The first-order chi connectivity index (χ1) is 4.66. The van der Waals surface area contributed by atoms with Crippen molar-refractivity contribution in [2.24, 2.45) is 0 Å². The lowest BCUT2D eigenvalue weighted by atomic mass is 10.3. The van der Waals surface area contributed by atoms with Crippen LogP contribution in [0.1, 0.15) is 13.8 Å². The molecule has 1 unspecified atom stereocenters. The fraction of sp³-hybridized carbons (Fsp3) is 0.500. The van der Waals surface area contributed by atoms with E-state index in [-0.39, 0.29) is 6.61 Å². The number of aliphatic hydroxyl groups is 1. The highest BCUT2D eigenvalue weighted by Gasteiger charge is 1.85. The molecule has 0 spiro atoms. The summed E-state index contributed by atoms with van der Waals surface area (Å²) in [4.78, 5) is 0. The third kappa shape index (κ3) is 5.51. The number of allylic oxidation sites excluding steroid dienone is 3. The van der Waals surface area contributed by atoms with Crippen molar-refractivity contribution >= 4 is 0 Å². The molecule has 2 heteroatoms. The topological polar surface area (TPSA) is 20.2 Å². The van der Waals surface area contributed by atoms with Crippen molar-refractivity contribution in [2.45, 2.75) is 20.0 Å². The molecule has 0 radical (unpaired) electrons. The van der Waals surface area contributed by atoms with E-state index in [1.54, 1.807) is 19.1 Å². The van der Waals surface area contributed by atoms with Gasteiger partial charge in [0.05, 0.1) is 6.61 Å². The van der Waals surface area contributed by atoms with Crippen molar-refractivity contribution in [1.82, 2.24) is 0 Å². The monoisotopic (exact) mass is 144 g/mol. The third-order valence-corrected chi connectivity index (χ3v) is 1.01. The van der Waals surface area contributed by atoms with Gasteiger partial charge in [-0.3, -0.25) is 0 Å². The molecule has 0 aromatic heterocycles. The fourth-order valence-corrected chi connectivity index (χ4v) is 0.426. The molecule has 1 nitrogen and oxygen atoms in total. The first-order valence-corrected chi connectivity index (χ1v) is 3.25. The van der Waals surface area contributed by atoms with E-state index in [1.165, 1.54) is 13.0 Å². The summed E-state index contributed by atoms with van der Waals surface area (Å²) in [5.74, 6) is 0. The summed E-state index contributed by atoms with van der Waals surface area (Å²) in [6, 6.07) is 0. The average Bonchev–Trinajstić information content (AvgIpc) is 1.87. The van der Waals surface area contributed by atoms with E-state index in [4.69, 9.17) is 5.11 Å². The maximum atomic E-state index is 12.1. The van der Waals surface area contributed by atoms with Crippen LogP contribution in [0, 0.1) is 0 Å². The SMILES string of the molecule is C/C(=C/C=C\C(C)F)CO. The molecule has 1 atom stereocenters. The summed E-state index contributed by atoms with van der Waals surface area (Å²) >= 11 is 0. The molecule has 58 valence electrons. The number of alkyl halides is 1. The van der Waals surface area contributed by atoms with E-state index >= 15 is 0 Å². The summed E-state index contributed by atoms with van der Waals surface area (Å²) < 4.78 is 12.1. The van der Waals surface area contributed by atoms with Crippen molar-refractivity contribution in [2.75, 3.05) is 6.61 Å². The second-order valence-electron chi connectivity index (χ2n) is 2.23. The van der Waals surface area contributed by atoms with Crippen molar-refractivity contribution in [3.8, 4) is 0 Å². The zero-order valence-electron chi connectivity index (χ0n) is 6.34. The van der Waals surface area contributed by atoms with Crippen molar-refractivity contribution in [3.05, 3.63) is 23.8 Å². The standard InChI is InChI=1S/C8H13FO/c1-7(6-10)4-3-5-8(2)9/h3-5,8,10H,6H2,1-2H3/b5-3-,7-4-. The second kappa shape index (κ2) is 5.18. The summed E-state index contributed by atoms with van der Waals surface area (Å²) in [7, 11) is 0. The lowest BCUT2D eigenvalue weighted by Gasteiger charge is -1.89. The van der Waals surface area contributed by atoms with Gasteiger partial charge in [0.2, 0.25) is 0 Å². The smallest absolute Gasteiger partial charge is 0.116 e. The summed E-state index contributed by atoms with van der Waals surface area (Å²) in [5.41, 5.74) is 0.830. The molecule has 0 aromatic rings. The molecule has 0 aliphatic rings. The summed E-state index contributed by atoms with van der Waals surface area (Å²) in [6.07, 6.45) is 3.81. The fourth-order valence-electron chi connectivity index (χ4n) is 0.426. The van der Waals surface area contributed by atoms with E-state index < -0.39 is 6.17 Å². The van der Waals surface area contributed by atoms with Crippen LogP contribution in [0.15, 0.2) is 23.8 Å². The van der Waals surface area contributed by atoms with Gasteiger partial charge in [0.25, 0.3) is 0 Å². The van der Waals surface area contributed by atoms with E-state index in [0.717, 1.165) is 5.57 Å².